The summed E-state index contributed by atoms with van der Waals surface area (Å²) in [6.07, 6.45) is 0. The minimum absolute atomic E-state index is 0.0130. The van der Waals surface area contributed by atoms with Crippen LogP contribution in [0.15, 0.2) is 88.2 Å². The largest absolute Gasteiger partial charge is 0.497 e. The predicted molar refractivity (Wildman–Crippen MR) is 151 cm³/mol. The number of sulfonamides is 1. The summed E-state index contributed by atoms with van der Waals surface area (Å²) in [7, 11) is -2.64. The summed E-state index contributed by atoms with van der Waals surface area (Å²) in [5.41, 5.74) is 1.12. The van der Waals surface area contributed by atoms with Gasteiger partial charge in [0.2, 0.25) is 11.8 Å². The van der Waals surface area contributed by atoms with E-state index in [0.717, 1.165) is 14.3 Å². The van der Waals surface area contributed by atoms with E-state index in [2.05, 4.69) is 21.2 Å². The summed E-state index contributed by atoms with van der Waals surface area (Å²) in [6.45, 7) is 4.94. The minimum atomic E-state index is -4.13. The molecule has 0 aliphatic heterocycles. The number of benzene rings is 3. The van der Waals surface area contributed by atoms with Crippen molar-refractivity contribution in [3.63, 3.8) is 0 Å². The maximum absolute atomic E-state index is 13.8. The summed E-state index contributed by atoms with van der Waals surface area (Å²) >= 11 is 3.44. The molecule has 3 rings (SSSR count). The van der Waals surface area contributed by atoms with Crippen LogP contribution in [0.25, 0.3) is 0 Å². The molecule has 0 saturated heterocycles. The summed E-state index contributed by atoms with van der Waals surface area (Å²) in [5.74, 6) is -0.332. The van der Waals surface area contributed by atoms with E-state index in [1.165, 1.54) is 24.1 Å². The third-order valence-electron chi connectivity index (χ3n) is 5.81. The zero-order valence-electron chi connectivity index (χ0n) is 21.8. The predicted octanol–water partition coefficient (Wildman–Crippen LogP) is 4.59. The van der Waals surface area contributed by atoms with Gasteiger partial charge in [-0.2, -0.15) is 0 Å². The fraction of sp³-hybridized carbons (Fsp3) is 0.286. The summed E-state index contributed by atoms with van der Waals surface area (Å²) in [6, 6.07) is 20.8. The standard InChI is InChI=1S/C28H32BrN3O5S/c1-20(2)30-28(34)21(3)31(18-22-9-8-10-23(29)17-22)27(33)19-32(24-11-6-5-7-12-24)38(35,36)26-15-13-25(37-4)14-16-26/h5-17,20-21H,18-19H2,1-4H3,(H,30,34)/t21-/m1/s1. The molecule has 0 aliphatic rings. The molecule has 0 fully saturated rings. The Morgan fingerprint density at radius 1 is 0.947 bits per heavy atom. The van der Waals surface area contributed by atoms with Gasteiger partial charge < -0.3 is 15.0 Å². The maximum atomic E-state index is 13.8. The first kappa shape index (κ1) is 29.2. The second-order valence-electron chi connectivity index (χ2n) is 9.01. The third kappa shape index (κ3) is 7.35. The highest BCUT2D eigenvalue weighted by atomic mass is 79.9. The molecule has 1 N–H and O–H groups in total. The van der Waals surface area contributed by atoms with Gasteiger partial charge in [0.1, 0.15) is 18.3 Å². The SMILES string of the molecule is COc1ccc(S(=O)(=O)N(CC(=O)N(Cc2cccc(Br)c2)[C@H](C)C(=O)NC(C)C)c2ccccc2)cc1. The number of hydrogen-bond donors (Lipinski definition) is 1. The molecule has 0 aromatic heterocycles. The van der Waals surface area contributed by atoms with Crippen molar-refractivity contribution in [1.82, 2.24) is 10.2 Å². The number of para-hydroxylation sites is 1. The normalized spacial score (nSPS) is 12.1. The average molecular weight is 603 g/mol. The Labute approximate surface area is 232 Å². The van der Waals surface area contributed by atoms with Gasteiger partial charge in [-0.05, 0) is 74.9 Å². The van der Waals surface area contributed by atoms with E-state index in [1.54, 1.807) is 49.4 Å². The van der Waals surface area contributed by atoms with Crippen molar-refractivity contribution in [2.45, 2.75) is 44.3 Å². The average Bonchev–Trinajstić information content (AvgIpc) is 2.90. The van der Waals surface area contributed by atoms with Crippen molar-refractivity contribution in [3.8, 4) is 5.75 Å². The summed E-state index contributed by atoms with van der Waals surface area (Å²) in [4.78, 5) is 28.2. The van der Waals surface area contributed by atoms with Crippen LogP contribution in [0.5, 0.6) is 5.75 Å². The number of anilines is 1. The van der Waals surface area contributed by atoms with E-state index >= 15 is 0 Å². The zero-order chi connectivity index (χ0) is 27.9. The molecule has 0 bridgehead atoms. The van der Waals surface area contributed by atoms with E-state index in [4.69, 9.17) is 4.74 Å². The first-order chi connectivity index (χ1) is 18.0. The van der Waals surface area contributed by atoms with Crippen molar-refractivity contribution < 1.29 is 22.7 Å². The van der Waals surface area contributed by atoms with E-state index in [1.807, 2.05) is 38.1 Å². The molecule has 3 aromatic carbocycles. The number of rotatable bonds is 11. The zero-order valence-corrected chi connectivity index (χ0v) is 24.2. The van der Waals surface area contributed by atoms with Crippen molar-refractivity contribution in [1.29, 1.82) is 0 Å². The molecule has 0 spiro atoms. The van der Waals surface area contributed by atoms with Crippen LogP contribution >= 0.6 is 15.9 Å². The Hall–Kier alpha value is -3.37. The number of ether oxygens (including phenoxy) is 1. The molecule has 8 nitrogen and oxygen atoms in total. The Bertz CT molecular complexity index is 1350. The van der Waals surface area contributed by atoms with Crippen LogP contribution in [-0.2, 0) is 26.2 Å². The maximum Gasteiger partial charge on any atom is 0.264 e. The second kappa shape index (κ2) is 12.9. The molecular weight excluding hydrogens is 570 g/mol. The van der Waals surface area contributed by atoms with Crippen LogP contribution in [0.3, 0.4) is 0 Å². The lowest BCUT2D eigenvalue weighted by Crippen LogP contribution is -2.52. The summed E-state index contributed by atoms with van der Waals surface area (Å²) < 4.78 is 34.6. The lowest BCUT2D eigenvalue weighted by molar-refractivity contribution is -0.139. The lowest BCUT2D eigenvalue weighted by atomic mass is 10.1. The number of amides is 2. The molecule has 3 aromatic rings. The Morgan fingerprint density at radius 2 is 1.61 bits per heavy atom. The van der Waals surface area contributed by atoms with E-state index in [-0.39, 0.29) is 23.4 Å². The van der Waals surface area contributed by atoms with Crippen LogP contribution in [0, 0.1) is 0 Å². The van der Waals surface area contributed by atoms with Crippen molar-refractivity contribution in [2.24, 2.45) is 0 Å². The van der Waals surface area contributed by atoms with Crippen LogP contribution < -0.4 is 14.4 Å². The highest BCUT2D eigenvalue weighted by Crippen LogP contribution is 2.26. The molecular formula is C28H32BrN3O5S. The molecule has 0 saturated carbocycles. The van der Waals surface area contributed by atoms with Crippen LogP contribution in [0.1, 0.15) is 26.3 Å². The fourth-order valence-electron chi connectivity index (χ4n) is 3.82. The van der Waals surface area contributed by atoms with Crippen molar-refractivity contribution in [2.75, 3.05) is 18.0 Å². The third-order valence-corrected chi connectivity index (χ3v) is 8.09. The van der Waals surface area contributed by atoms with Crippen LogP contribution in [0.2, 0.25) is 0 Å². The fourth-order valence-corrected chi connectivity index (χ4v) is 5.68. The minimum Gasteiger partial charge on any atom is -0.497 e. The first-order valence-corrected chi connectivity index (χ1v) is 14.3. The number of nitrogens with one attached hydrogen (secondary N) is 1. The molecule has 0 radical (unpaired) electrons. The van der Waals surface area contributed by atoms with Crippen molar-refractivity contribution >= 4 is 43.5 Å². The molecule has 0 heterocycles. The topological polar surface area (TPSA) is 96.0 Å². The number of methoxy groups -OCH3 is 1. The van der Waals surface area contributed by atoms with Crippen LogP contribution in [0.4, 0.5) is 5.69 Å². The molecule has 0 unspecified atom stereocenters. The summed E-state index contributed by atoms with van der Waals surface area (Å²) in [5, 5.41) is 2.84. The number of nitrogens with zero attached hydrogens (tertiary/aromatic N) is 2. The van der Waals surface area contributed by atoms with Gasteiger partial charge in [0, 0.05) is 17.1 Å². The highest BCUT2D eigenvalue weighted by Gasteiger charge is 2.32. The highest BCUT2D eigenvalue weighted by molar-refractivity contribution is 9.10. The van der Waals surface area contributed by atoms with E-state index < -0.39 is 28.5 Å². The molecule has 202 valence electrons. The van der Waals surface area contributed by atoms with Gasteiger partial charge in [0.15, 0.2) is 0 Å². The smallest absolute Gasteiger partial charge is 0.264 e. The first-order valence-electron chi connectivity index (χ1n) is 12.1. The molecule has 2 amide bonds. The van der Waals surface area contributed by atoms with Gasteiger partial charge in [-0.25, -0.2) is 8.42 Å². The monoisotopic (exact) mass is 601 g/mol. The molecule has 1 atom stereocenters. The molecule has 10 heteroatoms. The van der Waals surface area contributed by atoms with Crippen molar-refractivity contribution in [3.05, 3.63) is 88.9 Å². The van der Waals surface area contributed by atoms with Gasteiger partial charge in [-0.3, -0.25) is 13.9 Å². The van der Waals surface area contributed by atoms with E-state index in [9.17, 15) is 18.0 Å². The number of carbonyl (C=O) groups excluding carboxylic acids is 2. The van der Waals surface area contributed by atoms with Gasteiger partial charge in [-0.1, -0.05) is 46.3 Å². The van der Waals surface area contributed by atoms with Crippen LogP contribution in [-0.4, -0.2) is 50.9 Å². The number of hydrogen-bond acceptors (Lipinski definition) is 5. The Kier molecular flexibility index (Phi) is 9.93. The van der Waals surface area contributed by atoms with Gasteiger partial charge in [-0.15, -0.1) is 0 Å². The Morgan fingerprint density at radius 3 is 2.18 bits per heavy atom. The van der Waals surface area contributed by atoms with Gasteiger partial charge in [0.05, 0.1) is 17.7 Å². The molecule has 0 aliphatic carbocycles. The Balaban J connectivity index is 2.00. The quantitative estimate of drug-likeness (QED) is 0.347. The van der Waals surface area contributed by atoms with E-state index in [0.29, 0.717) is 11.4 Å². The second-order valence-corrected chi connectivity index (χ2v) is 11.8. The number of carbonyl (C=O) groups is 2. The van der Waals surface area contributed by atoms with Gasteiger partial charge in [0.25, 0.3) is 10.0 Å². The molecule has 38 heavy (non-hydrogen) atoms. The van der Waals surface area contributed by atoms with Gasteiger partial charge >= 0.3 is 0 Å². The number of halogens is 1. The lowest BCUT2D eigenvalue weighted by Gasteiger charge is -2.32.